The van der Waals surface area contributed by atoms with Crippen molar-refractivity contribution in [3.63, 3.8) is 0 Å². The standard InChI is InChI=1S/C14H13N3OS2.BrH/c1-8-13(20-9(2)15-8)12-7-19-14(17-12)16-10-4-3-5-11(18)6-10;/h3-7,18H,1-2H3,(H,16,17);1H. The largest absolute Gasteiger partial charge is 0.508 e. The second-order valence-corrected chi connectivity index (χ2v) is 6.42. The van der Waals surface area contributed by atoms with Crippen molar-refractivity contribution < 1.29 is 5.11 Å². The van der Waals surface area contributed by atoms with Crippen molar-refractivity contribution in [1.29, 1.82) is 0 Å². The molecule has 0 atom stereocenters. The minimum absolute atomic E-state index is 0. The number of thiazole rings is 2. The van der Waals surface area contributed by atoms with E-state index in [9.17, 15) is 5.11 Å². The first-order valence-electron chi connectivity index (χ1n) is 6.08. The Morgan fingerprint density at radius 3 is 2.67 bits per heavy atom. The Bertz CT molecular complexity index is 754. The van der Waals surface area contributed by atoms with E-state index < -0.39 is 0 Å². The summed E-state index contributed by atoms with van der Waals surface area (Å²) >= 11 is 3.19. The minimum atomic E-state index is 0. The fraction of sp³-hybridized carbons (Fsp3) is 0.143. The molecule has 110 valence electrons. The molecule has 0 aliphatic carbocycles. The van der Waals surface area contributed by atoms with Crippen molar-refractivity contribution in [2.45, 2.75) is 13.8 Å². The van der Waals surface area contributed by atoms with Crippen LogP contribution in [0, 0.1) is 13.8 Å². The SMILES string of the molecule is Br.Cc1nc(C)c(-c2csc(Nc3cccc(O)c3)n2)s1. The number of nitrogens with zero attached hydrogens (tertiary/aromatic N) is 2. The quantitative estimate of drug-likeness (QED) is 0.674. The molecule has 3 aromatic rings. The zero-order valence-corrected chi connectivity index (χ0v) is 14.8. The van der Waals surface area contributed by atoms with Crippen LogP contribution in [0.3, 0.4) is 0 Å². The second kappa shape index (κ2) is 6.55. The number of hydrogen-bond acceptors (Lipinski definition) is 6. The van der Waals surface area contributed by atoms with Crippen molar-refractivity contribution in [3.05, 3.63) is 40.3 Å². The first kappa shape index (κ1) is 15.9. The number of nitrogens with one attached hydrogen (secondary N) is 1. The lowest BCUT2D eigenvalue weighted by Crippen LogP contribution is -1.89. The van der Waals surface area contributed by atoms with Crippen LogP contribution in [-0.2, 0) is 0 Å². The van der Waals surface area contributed by atoms with Gasteiger partial charge >= 0.3 is 0 Å². The monoisotopic (exact) mass is 383 g/mol. The van der Waals surface area contributed by atoms with Gasteiger partial charge in [-0.05, 0) is 26.0 Å². The number of aryl methyl sites for hydroxylation is 2. The fourth-order valence-electron chi connectivity index (χ4n) is 1.91. The highest BCUT2D eigenvalue weighted by Crippen LogP contribution is 2.33. The molecule has 0 saturated carbocycles. The summed E-state index contributed by atoms with van der Waals surface area (Å²) in [4.78, 5) is 10.1. The van der Waals surface area contributed by atoms with Gasteiger partial charge in [0.15, 0.2) is 5.13 Å². The Morgan fingerprint density at radius 1 is 1.19 bits per heavy atom. The van der Waals surface area contributed by atoms with Gasteiger partial charge in [-0.3, -0.25) is 0 Å². The highest BCUT2D eigenvalue weighted by Gasteiger charge is 2.11. The van der Waals surface area contributed by atoms with Crippen molar-refractivity contribution in [3.8, 4) is 16.3 Å². The lowest BCUT2D eigenvalue weighted by molar-refractivity contribution is 0.475. The van der Waals surface area contributed by atoms with Crippen LogP contribution in [0.1, 0.15) is 10.7 Å². The summed E-state index contributed by atoms with van der Waals surface area (Å²) in [6, 6.07) is 7.00. The molecule has 0 aliphatic heterocycles. The molecule has 0 amide bonds. The molecular formula is C14H14BrN3OS2. The van der Waals surface area contributed by atoms with Crippen LogP contribution in [0.2, 0.25) is 0 Å². The van der Waals surface area contributed by atoms with Crippen LogP contribution in [-0.4, -0.2) is 15.1 Å². The second-order valence-electron chi connectivity index (χ2n) is 4.36. The topological polar surface area (TPSA) is 58.0 Å². The fourth-order valence-corrected chi connectivity index (χ4v) is 3.59. The number of phenolic OH excluding ortho intramolecular Hbond substituents is 1. The lowest BCUT2D eigenvalue weighted by Gasteiger charge is -2.02. The number of benzene rings is 1. The smallest absolute Gasteiger partial charge is 0.187 e. The summed E-state index contributed by atoms with van der Waals surface area (Å²) in [7, 11) is 0. The Hall–Kier alpha value is -1.44. The minimum Gasteiger partial charge on any atom is -0.508 e. The predicted octanol–water partition coefficient (Wildman–Crippen LogP) is 4.91. The van der Waals surface area contributed by atoms with E-state index in [2.05, 4.69) is 15.3 Å². The van der Waals surface area contributed by atoms with Gasteiger partial charge in [-0.2, -0.15) is 0 Å². The molecule has 0 radical (unpaired) electrons. The summed E-state index contributed by atoms with van der Waals surface area (Å²) in [5.74, 6) is 0.237. The number of aromatic hydroxyl groups is 1. The Morgan fingerprint density at radius 2 is 2.00 bits per heavy atom. The molecule has 21 heavy (non-hydrogen) atoms. The third-order valence-electron chi connectivity index (χ3n) is 2.74. The van der Waals surface area contributed by atoms with E-state index in [1.54, 1.807) is 29.5 Å². The highest BCUT2D eigenvalue weighted by molar-refractivity contribution is 8.93. The van der Waals surface area contributed by atoms with Crippen molar-refractivity contribution in [2.75, 3.05) is 5.32 Å². The van der Waals surface area contributed by atoms with Gasteiger partial charge in [-0.1, -0.05) is 6.07 Å². The number of phenols is 1. The summed E-state index contributed by atoms with van der Waals surface area (Å²) in [6.45, 7) is 4.00. The third-order valence-corrected chi connectivity index (χ3v) is 4.59. The van der Waals surface area contributed by atoms with Crippen LogP contribution < -0.4 is 5.32 Å². The average Bonchev–Trinajstić information content (AvgIpc) is 2.96. The zero-order valence-electron chi connectivity index (χ0n) is 11.5. The lowest BCUT2D eigenvalue weighted by atomic mass is 10.3. The molecule has 0 fully saturated rings. The average molecular weight is 384 g/mol. The first-order chi connectivity index (χ1) is 9.61. The maximum atomic E-state index is 9.45. The van der Waals surface area contributed by atoms with Crippen LogP contribution in [0.25, 0.3) is 10.6 Å². The summed E-state index contributed by atoms with van der Waals surface area (Å²) < 4.78 is 0. The molecule has 2 heterocycles. The summed E-state index contributed by atoms with van der Waals surface area (Å²) in [5, 5.41) is 16.5. The molecule has 3 rings (SSSR count). The number of rotatable bonds is 3. The van der Waals surface area contributed by atoms with Gasteiger partial charge in [0, 0.05) is 17.1 Å². The third kappa shape index (κ3) is 3.61. The van der Waals surface area contributed by atoms with Gasteiger partial charge in [0.1, 0.15) is 5.75 Å². The van der Waals surface area contributed by atoms with Crippen LogP contribution >= 0.6 is 39.7 Å². The summed E-state index contributed by atoms with van der Waals surface area (Å²) in [6.07, 6.45) is 0. The number of aromatic nitrogens is 2. The molecule has 2 aromatic heterocycles. The molecule has 2 N–H and O–H groups in total. The van der Waals surface area contributed by atoms with Crippen LogP contribution in [0.15, 0.2) is 29.6 Å². The molecule has 0 saturated heterocycles. The molecule has 1 aromatic carbocycles. The van der Waals surface area contributed by atoms with Crippen LogP contribution in [0.4, 0.5) is 10.8 Å². The maximum Gasteiger partial charge on any atom is 0.187 e. The van der Waals surface area contributed by atoms with Crippen molar-refractivity contribution in [2.24, 2.45) is 0 Å². The zero-order chi connectivity index (χ0) is 14.1. The molecule has 0 spiro atoms. The van der Waals surface area contributed by atoms with E-state index in [4.69, 9.17) is 0 Å². The van der Waals surface area contributed by atoms with Gasteiger partial charge in [-0.25, -0.2) is 9.97 Å². The molecule has 0 bridgehead atoms. The molecule has 0 aliphatic rings. The Kier molecular flexibility index (Phi) is 4.97. The first-order valence-corrected chi connectivity index (χ1v) is 7.77. The van der Waals surface area contributed by atoms with Gasteiger partial charge < -0.3 is 10.4 Å². The molecule has 0 unspecified atom stereocenters. The normalized spacial score (nSPS) is 10.2. The van der Waals surface area contributed by atoms with Gasteiger partial charge in [-0.15, -0.1) is 39.7 Å². The van der Waals surface area contributed by atoms with Gasteiger partial charge in [0.25, 0.3) is 0 Å². The predicted molar refractivity (Wildman–Crippen MR) is 94.4 cm³/mol. The van der Waals surface area contributed by atoms with E-state index >= 15 is 0 Å². The Labute approximate surface area is 141 Å². The molecule has 4 nitrogen and oxygen atoms in total. The Balaban J connectivity index is 0.00000161. The number of anilines is 2. The highest BCUT2D eigenvalue weighted by atomic mass is 79.9. The maximum absolute atomic E-state index is 9.45. The van der Waals surface area contributed by atoms with E-state index in [0.717, 1.165) is 32.1 Å². The van der Waals surface area contributed by atoms with Crippen LogP contribution in [0.5, 0.6) is 5.75 Å². The molecular weight excluding hydrogens is 370 g/mol. The van der Waals surface area contributed by atoms with Crippen molar-refractivity contribution >= 4 is 50.5 Å². The molecule has 7 heteroatoms. The van der Waals surface area contributed by atoms with Gasteiger partial charge in [0.2, 0.25) is 0 Å². The van der Waals surface area contributed by atoms with E-state index in [1.807, 2.05) is 25.3 Å². The van der Waals surface area contributed by atoms with E-state index in [0.29, 0.717) is 0 Å². The van der Waals surface area contributed by atoms with E-state index in [1.165, 1.54) is 11.3 Å². The number of hydrogen-bond donors (Lipinski definition) is 2. The van der Waals surface area contributed by atoms with E-state index in [-0.39, 0.29) is 22.7 Å². The summed E-state index contributed by atoms with van der Waals surface area (Å²) in [5.41, 5.74) is 2.78. The van der Waals surface area contributed by atoms with Gasteiger partial charge in [0.05, 0.1) is 21.3 Å². The van der Waals surface area contributed by atoms with Crippen molar-refractivity contribution in [1.82, 2.24) is 9.97 Å². The number of halogens is 1.